The van der Waals surface area contributed by atoms with Crippen molar-refractivity contribution < 1.29 is 19.0 Å². The Morgan fingerprint density at radius 1 is 1.33 bits per heavy atom. The van der Waals surface area contributed by atoms with Gasteiger partial charge in [-0.15, -0.1) is 0 Å². The predicted molar refractivity (Wildman–Crippen MR) is 90.5 cm³/mol. The fourth-order valence-corrected chi connectivity index (χ4v) is 3.52. The van der Waals surface area contributed by atoms with E-state index in [1.54, 1.807) is 0 Å². The Bertz CT molecular complexity index is 515. The molecule has 132 valence electrons. The van der Waals surface area contributed by atoms with E-state index in [4.69, 9.17) is 14.2 Å². The van der Waals surface area contributed by atoms with Gasteiger partial charge in [0.25, 0.3) is 0 Å². The molecule has 4 atom stereocenters. The number of benzene rings is 1. The highest BCUT2D eigenvalue weighted by molar-refractivity contribution is 5.74. The van der Waals surface area contributed by atoms with Crippen molar-refractivity contribution in [2.24, 2.45) is 5.92 Å². The maximum atomic E-state index is 12.2. The first-order valence-electron chi connectivity index (χ1n) is 8.88. The third-order valence-corrected chi connectivity index (χ3v) is 4.89. The molecule has 5 heteroatoms. The summed E-state index contributed by atoms with van der Waals surface area (Å²) >= 11 is 0. The Labute approximate surface area is 143 Å². The van der Waals surface area contributed by atoms with Gasteiger partial charge in [0.05, 0.1) is 25.9 Å². The molecule has 2 saturated heterocycles. The molecule has 1 aromatic rings. The van der Waals surface area contributed by atoms with Crippen LogP contribution in [-0.2, 0) is 25.6 Å². The summed E-state index contributed by atoms with van der Waals surface area (Å²) in [6, 6.07) is 10.3. The number of hydrogen-bond donors (Lipinski definition) is 1. The van der Waals surface area contributed by atoms with Crippen LogP contribution in [0.1, 0.15) is 31.2 Å². The van der Waals surface area contributed by atoms with Gasteiger partial charge in [0, 0.05) is 12.6 Å². The summed E-state index contributed by atoms with van der Waals surface area (Å²) in [6.07, 6.45) is 4.23. The maximum Gasteiger partial charge on any atom is 0.313 e. The Morgan fingerprint density at radius 2 is 2.17 bits per heavy atom. The summed E-state index contributed by atoms with van der Waals surface area (Å²) in [4.78, 5) is 12.2. The maximum absolute atomic E-state index is 12.2. The SMILES string of the molecule is COC(=O)[C@H]([C@H]1O[C@H]1CCOCc1ccccc1)[C@H]1CCCCN1. The molecule has 0 aromatic heterocycles. The molecular formula is C19H27NO4. The van der Waals surface area contributed by atoms with E-state index in [2.05, 4.69) is 17.4 Å². The van der Waals surface area contributed by atoms with Gasteiger partial charge in [-0.2, -0.15) is 0 Å². The summed E-state index contributed by atoms with van der Waals surface area (Å²) < 4.78 is 16.5. The van der Waals surface area contributed by atoms with Gasteiger partial charge in [0.2, 0.25) is 0 Å². The standard InChI is InChI=1S/C19H27NO4/c1-22-19(21)17(15-9-5-6-11-20-15)18-16(24-18)10-12-23-13-14-7-3-2-4-8-14/h2-4,7-8,15-18,20H,5-6,9-13H2,1H3/t15-,16+,17+,18+/m1/s1. The lowest BCUT2D eigenvalue weighted by molar-refractivity contribution is -0.147. The van der Waals surface area contributed by atoms with Crippen molar-refractivity contribution >= 4 is 5.97 Å². The first kappa shape index (κ1) is 17.4. The molecule has 0 saturated carbocycles. The molecule has 2 fully saturated rings. The Morgan fingerprint density at radius 3 is 2.88 bits per heavy atom. The quantitative estimate of drug-likeness (QED) is 0.449. The van der Waals surface area contributed by atoms with Gasteiger partial charge in [-0.05, 0) is 31.4 Å². The molecule has 2 heterocycles. The fraction of sp³-hybridized carbons (Fsp3) is 0.632. The van der Waals surface area contributed by atoms with E-state index in [0.29, 0.717) is 13.2 Å². The van der Waals surface area contributed by atoms with Crippen molar-refractivity contribution in [3.05, 3.63) is 35.9 Å². The van der Waals surface area contributed by atoms with Crippen molar-refractivity contribution in [3.63, 3.8) is 0 Å². The molecular weight excluding hydrogens is 306 g/mol. The van der Waals surface area contributed by atoms with Gasteiger partial charge < -0.3 is 19.5 Å². The van der Waals surface area contributed by atoms with Crippen LogP contribution >= 0.6 is 0 Å². The third kappa shape index (κ3) is 4.56. The van der Waals surface area contributed by atoms with Crippen molar-refractivity contribution in [1.29, 1.82) is 0 Å². The normalized spacial score (nSPS) is 27.5. The summed E-state index contributed by atoms with van der Waals surface area (Å²) in [6.45, 7) is 2.22. The van der Waals surface area contributed by atoms with Gasteiger partial charge in [-0.25, -0.2) is 0 Å². The summed E-state index contributed by atoms with van der Waals surface area (Å²) in [5, 5.41) is 3.45. The van der Waals surface area contributed by atoms with Crippen LogP contribution in [0.3, 0.4) is 0 Å². The molecule has 1 N–H and O–H groups in total. The van der Waals surface area contributed by atoms with Crippen LogP contribution in [0.2, 0.25) is 0 Å². The van der Waals surface area contributed by atoms with Crippen LogP contribution in [0, 0.1) is 5.92 Å². The molecule has 0 bridgehead atoms. The number of methoxy groups -OCH3 is 1. The first-order valence-corrected chi connectivity index (χ1v) is 8.88. The molecule has 3 rings (SSSR count). The average molecular weight is 333 g/mol. The third-order valence-electron chi connectivity index (χ3n) is 4.89. The second-order valence-electron chi connectivity index (χ2n) is 6.57. The molecule has 0 radical (unpaired) electrons. The Hall–Kier alpha value is -1.43. The Kier molecular flexibility index (Phi) is 6.24. The van der Waals surface area contributed by atoms with E-state index in [1.165, 1.54) is 19.1 Å². The van der Waals surface area contributed by atoms with Crippen molar-refractivity contribution in [2.75, 3.05) is 20.3 Å². The molecule has 24 heavy (non-hydrogen) atoms. The number of carbonyl (C=O) groups is 1. The van der Waals surface area contributed by atoms with Gasteiger partial charge in [0.1, 0.15) is 5.92 Å². The Balaban J connectivity index is 1.42. The second kappa shape index (κ2) is 8.60. The van der Waals surface area contributed by atoms with Crippen LogP contribution in [-0.4, -0.2) is 44.5 Å². The molecule has 5 nitrogen and oxygen atoms in total. The zero-order valence-corrected chi connectivity index (χ0v) is 14.3. The molecule has 0 aliphatic carbocycles. The van der Waals surface area contributed by atoms with Crippen molar-refractivity contribution in [1.82, 2.24) is 5.32 Å². The second-order valence-corrected chi connectivity index (χ2v) is 6.57. The summed E-state index contributed by atoms with van der Waals surface area (Å²) in [7, 11) is 1.46. The van der Waals surface area contributed by atoms with E-state index in [0.717, 1.165) is 25.8 Å². The first-order chi connectivity index (χ1) is 11.8. The van der Waals surface area contributed by atoms with Crippen molar-refractivity contribution in [2.45, 2.75) is 50.5 Å². The molecule has 0 unspecified atom stereocenters. The average Bonchev–Trinajstić information content (AvgIpc) is 3.39. The number of piperidine rings is 1. The van der Waals surface area contributed by atoms with Gasteiger partial charge in [-0.1, -0.05) is 36.8 Å². The number of esters is 1. The van der Waals surface area contributed by atoms with Gasteiger partial charge in [-0.3, -0.25) is 4.79 Å². The van der Waals surface area contributed by atoms with Crippen LogP contribution in [0.4, 0.5) is 0 Å². The minimum absolute atomic E-state index is 0.0339. The predicted octanol–water partition coefficient (Wildman–Crippen LogP) is 2.29. The topological polar surface area (TPSA) is 60.1 Å². The van der Waals surface area contributed by atoms with E-state index < -0.39 is 0 Å². The number of epoxide rings is 1. The number of hydrogen-bond acceptors (Lipinski definition) is 5. The monoisotopic (exact) mass is 333 g/mol. The van der Waals surface area contributed by atoms with Crippen LogP contribution in [0.25, 0.3) is 0 Å². The highest BCUT2D eigenvalue weighted by atomic mass is 16.6. The minimum Gasteiger partial charge on any atom is -0.469 e. The molecule has 2 aliphatic heterocycles. The lowest BCUT2D eigenvalue weighted by Gasteiger charge is -2.28. The van der Waals surface area contributed by atoms with Crippen LogP contribution < -0.4 is 5.32 Å². The highest BCUT2D eigenvalue weighted by Gasteiger charge is 2.51. The van der Waals surface area contributed by atoms with E-state index in [1.807, 2.05) is 18.2 Å². The fourth-order valence-electron chi connectivity index (χ4n) is 3.52. The summed E-state index contributed by atoms with van der Waals surface area (Å²) in [5.74, 6) is -0.360. The largest absolute Gasteiger partial charge is 0.469 e. The van der Waals surface area contributed by atoms with Crippen LogP contribution in [0.5, 0.6) is 0 Å². The summed E-state index contributed by atoms with van der Waals surface area (Å²) in [5.41, 5.74) is 1.17. The lowest BCUT2D eigenvalue weighted by Crippen LogP contribution is -2.46. The highest BCUT2D eigenvalue weighted by Crippen LogP contribution is 2.36. The zero-order valence-electron chi connectivity index (χ0n) is 14.3. The lowest BCUT2D eigenvalue weighted by atomic mass is 9.88. The molecule has 0 spiro atoms. The molecule has 0 amide bonds. The number of ether oxygens (including phenoxy) is 3. The number of carbonyl (C=O) groups excluding carboxylic acids is 1. The van der Waals surface area contributed by atoms with E-state index >= 15 is 0 Å². The van der Waals surface area contributed by atoms with Gasteiger partial charge in [0.15, 0.2) is 0 Å². The number of rotatable bonds is 8. The number of nitrogens with one attached hydrogen (secondary N) is 1. The van der Waals surface area contributed by atoms with Crippen LogP contribution in [0.15, 0.2) is 30.3 Å². The zero-order chi connectivity index (χ0) is 16.8. The minimum atomic E-state index is -0.200. The van der Waals surface area contributed by atoms with E-state index in [9.17, 15) is 4.79 Å². The molecule has 2 aliphatic rings. The van der Waals surface area contributed by atoms with Gasteiger partial charge >= 0.3 is 5.97 Å². The van der Waals surface area contributed by atoms with E-state index in [-0.39, 0.29) is 30.1 Å². The molecule has 1 aromatic carbocycles. The van der Waals surface area contributed by atoms with Crippen molar-refractivity contribution in [3.8, 4) is 0 Å². The smallest absolute Gasteiger partial charge is 0.313 e.